The minimum Gasteiger partial charge on any atom is -0.508 e. The van der Waals surface area contributed by atoms with E-state index >= 15 is 0 Å². The van der Waals surface area contributed by atoms with E-state index in [9.17, 15) is 9.90 Å². The molecule has 1 aliphatic heterocycles. The minimum atomic E-state index is -0.187. The average Bonchev–Trinajstić information content (AvgIpc) is 2.79. The largest absolute Gasteiger partial charge is 0.508 e. The molecule has 2 aromatic carbocycles. The lowest BCUT2D eigenvalue weighted by Crippen LogP contribution is -2.27. The molecule has 6 heteroatoms. The third-order valence-corrected chi connectivity index (χ3v) is 4.46. The van der Waals surface area contributed by atoms with E-state index in [0.29, 0.717) is 27.3 Å². The zero-order valence-electron chi connectivity index (χ0n) is 12.1. The molecule has 0 radical (unpaired) electrons. The van der Waals surface area contributed by atoms with Crippen molar-refractivity contribution in [1.82, 2.24) is 0 Å². The van der Waals surface area contributed by atoms with Gasteiger partial charge in [0.2, 0.25) is 0 Å². The Morgan fingerprint density at radius 3 is 2.57 bits per heavy atom. The number of benzene rings is 2. The SMILES string of the molecule is C=C1SC(=S)N(c2ccc(OCc3cccc(O)c3)cc2)C1=O. The Morgan fingerprint density at radius 2 is 1.96 bits per heavy atom. The number of carbonyl (C=O) groups excluding carboxylic acids is 1. The summed E-state index contributed by atoms with van der Waals surface area (Å²) >= 11 is 6.39. The van der Waals surface area contributed by atoms with Gasteiger partial charge in [-0.2, -0.15) is 0 Å². The van der Waals surface area contributed by atoms with Gasteiger partial charge in [0.25, 0.3) is 5.91 Å². The average molecular weight is 343 g/mol. The summed E-state index contributed by atoms with van der Waals surface area (Å²) < 4.78 is 6.15. The van der Waals surface area contributed by atoms with Gasteiger partial charge in [0.1, 0.15) is 18.1 Å². The van der Waals surface area contributed by atoms with E-state index in [1.807, 2.05) is 6.07 Å². The van der Waals surface area contributed by atoms with Gasteiger partial charge in [-0.1, -0.05) is 42.7 Å². The number of nitrogens with zero attached hydrogens (tertiary/aromatic N) is 1. The van der Waals surface area contributed by atoms with Crippen LogP contribution < -0.4 is 9.64 Å². The molecule has 4 nitrogen and oxygen atoms in total. The summed E-state index contributed by atoms with van der Waals surface area (Å²) in [6.45, 7) is 4.04. The Labute approximate surface area is 143 Å². The monoisotopic (exact) mass is 343 g/mol. The van der Waals surface area contributed by atoms with Crippen molar-refractivity contribution in [1.29, 1.82) is 0 Å². The summed E-state index contributed by atoms with van der Waals surface area (Å²) in [6, 6.07) is 14.0. The first kappa shape index (κ1) is 15.6. The molecule has 0 atom stereocenters. The number of aromatic hydroxyl groups is 1. The van der Waals surface area contributed by atoms with Crippen LogP contribution in [0.4, 0.5) is 5.69 Å². The van der Waals surface area contributed by atoms with Crippen molar-refractivity contribution in [2.45, 2.75) is 6.61 Å². The third kappa shape index (κ3) is 3.38. The van der Waals surface area contributed by atoms with Crippen molar-refractivity contribution >= 4 is 39.9 Å². The third-order valence-electron chi connectivity index (χ3n) is 3.25. The van der Waals surface area contributed by atoms with E-state index in [1.54, 1.807) is 42.5 Å². The van der Waals surface area contributed by atoms with Gasteiger partial charge >= 0.3 is 0 Å². The molecule has 0 saturated carbocycles. The second-order valence-electron chi connectivity index (χ2n) is 4.88. The lowest BCUT2D eigenvalue weighted by Gasteiger charge is -2.15. The van der Waals surface area contributed by atoms with Crippen LogP contribution in [0.15, 0.2) is 60.0 Å². The summed E-state index contributed by atoms with van der Waals surface area (Å²) in [7, 11) is 0. The molecule has 0 bridgehead atoms. The fraction of sp³-hybridized carbons (Fsp3) is 0.0588. The number of thiocarbonyl (C=S) groups is 1. The number of hydrogen-bond donors (Lipinski definition) is 1. The maximum absolute atomic E-state index is 12.0. The first-order chi connectivity index (χ1) is 11.0. The molecule has 1 fully saturated rings. The van der Waals surface area contributed by atoms with E-state index < -0.39 is 0 Å². The first-order valence-corrected chi connectivity index (χ1v) is 8.03. The minimum absolute atomic E-state index is 0.187. The van der Waals surface area contributed by atoms with Gasteiger partial charge in [0.15, 0.2) is 4.32 Å². The Bertz CT molecular complexity index is 787. The van der Waals surface area contributed by atoms with Crippen molar-refractivity contribution in [3.05, 3.63) is 65.6 Å². The molecular formula is C17H13NO3S2. The van der Waals surface area contributed by atoms with Crippen LogP contribution in [0, 0.1) is 0 Å². The number of carbonyl (C=O) groups is 1. The molecule has 0 spiro atoms. The molecule has 23 heavy (non-hydrogen) atoms. The summed E-state index contributed by atoms with van der Waals surface area (Å²) in [6.07, 6.45) is 0. The van der Waals surface area contributed by atoms with Gasteiger partial charge in [0.05, 0.1) is 10.6 Å². The number of hydrogen-bond acceptors (Lipinski definition) is 5. The Morgan fingerprint density at radius 1 is 1.22 bits per heavy atom. The van der Waals surface area contributed by atoms with Crippen molar-refractivity contribution < 1.29 is 14.6 Å². The van der Waals surface area contributed by atoms with Crippen LogP contribution in [0.2, 0.25) is 0 Å². The van der Waals surface area contributed by atoms with Crippen LogP contribution in [0.25, 0.3) is 0 Å². The predicted octanol–water partition coefficient (Wildman–Crippen LogP) is 3.85. The number of rotatable bonds is 4. The highest BCUT2D eigenvalue weighted by atomic mass is 32.2. The highest BCUT2D eigenvalue weighted by Crippen LogP contribution is 2.34. The quantitative estimate of drug-likeness (QED) is 0.675. The van der Waals surface area contributed by atoms with Gasteiger partial charge in [-0.05, 0) is 42.0 Å². The molecule has 1 N–H and O–H groups in total. The molecule has 0 aromatic heterocycles. The molecule has 1 amide bonds. The smallest absolute Gasteiger partial charge is 0.270 e. The number of ether oxygens (including phenoxy) is 1. The Hall–Kier alpha value is -2.31. The number of thioether (sulfide) groups is 1. The molecule has 1 saturated heterocycles. The predicted molar refractivity (Wildman–Crippen MR) is 95.7 cm³/mol. The zero-order valence-corrected chi connectivity index (χ0v) is 13.7. The van der Waals surface area contributed by atoms with Crippen LogP contribution in [-0.4, -0.2) is 15.3 Å². The molecule has 0 unspecified atom stereocenters. The highest BCUT2D eigenvalue weighted by molar-refractivity contribution is 8.27. The summed E-state index contributed by atoms with van der Waals surface area (Å²) in [5, 5.41) is 9.42. The summed E-state index contributed by atoms with van der Waals surface area (Å²) in [4.78, 5) is 13.9. The molecular weight excluding hydrogens is 330 g/mol. The van der Waals surface area contributed by atoms with Gasteiger partial charge in [-0.15, -0.1) is 0 Å². The maximum Gasteiger partial charge on any atom is 0.270 e. The molecule has 0 aliphatic carbocycles. The fourth-order valence-electron chi connectivity index (χ4n) is 2.13. The lowest BCUT2D eigenvalue weighted by molar-refractivity contribution is -0.113. The Balaban J connectivity index is 1.69. The van der Waals surface area contributed by atoms with Gasteiger partial charge in [-0.25, -0.2) is 0 Å². The van der Waals surface area contributed by atoms with Gasteiger partial charge in [0, 0.05) is 0 Å². The topological polar surface area (TPSA) is 49.8 Å². The number of phenols is 1. The van der Waals surface area contributed by atoms with Crippen molar-refractivity contribution in [2.24, 2.45) is 0 Å². The first-order valence-electron chi connectivity index (χ1n) is 6.80. The Kier molecular flexibility index (Phi) is 4.36. The van der Waals surface area contributed by atoms with Crippen LogP contribution in [0.5, 0.6) is 11.5 Å². The van der Waals surface area contributed by atoms with E-state index in [1.165, 1.54) is 16.7 Å². The second kappa shape index (κ2) is 6.44. The number of anilines is 1. The van der Waals surface area contributed by atoms with E-state index in [-0.39, 0.29) is 11.7 Å². The van der Waals surface area contributed by atoms with E-state index in [2.05, 4.69) is 6.58 Å². The fourth-order valence-corrected chi connectivity index (χ4v) is 3.29. The van der Waals surface area contributed by atoms with Crippen molar-refractivity contribution in [2.75, 3.05) is 4.90 Å². The van der Waals surface area contributed by atoms with Crippen LogP contribution >= 0.6 is 24.0 Å². The van der Waals surface area contributed by atoms with Gasteiger partial charge in [-0.3, -0.25) is 9.69 Å². The van der Waals surface area contributed by atoms with Crippen molar-refractivity contribution in [3.63, 3.8) is 0 Å². The van der Waals surface area contributed by atoms with Gasteiger partial charge < -0.3 is 9.84 Å². The number of amides is 1. The van der Waals surface area contributed by atoms with Crippen LogP contribution in [0.1, 0.15) is 5.56 Å². The maximum atomic E-state index is 12.0. The molecule has 1 heterocycles. The lowest BCUT2D eigenvalue weighted by atomic mass is 10.2. The highest BCUT2D eigenvalue weighted by Gasteiger charge is 2.31. The number of phenolic OH excluding ortho intramolecular Hbond substituents is 1. The standard InChI is InChI=1S/C17H13NO3S2/c1-11-16(20)18(17(22)23-11)13-5-7-15(8-6-13)21-10-12-3-2-4-14(19)9-12/h2-9,19H,1,10H2. The van der Waals surface area contributed by atoms with Crippen LogP contribution in [0.3, 0.4) is 0 Å². The molecule has 1 aliphatic rings. The summed E-state index contributed by atoms with van der Waals surface area (Å²) in [5.41, 5.74) is 1.56. The van der Waals surface area contributed by atoms with E-state index in [4.69, 9.17) is 17.0 Å². The second-order valence-corrected chi connectivity index (χ2v) is 6.61. The van der Waals surface area contributed by atoms with Crippen LogP contribution in [-0.2, 0) is 11.4 Å². The molecule has 2 aromatic rings. The molecule has 116 valence electrons. The van der Waals surface area contributed by atoms with Crippen molar-refractivity contribution in [3.8, 4) is 11.5 Å². The summed E-state index contributed by atoms with van der Waals surface area (Å²) in [5.74, 6) is 0.690. The normalized spacial score (nSPS) is 14.4. The van der Waals surface area contributed by atoms with E-state index in [0.717, 1.165) is 5.56 Å². The zero-order chi connectivity index (χ0) is 16.4. The molecule has 3 rings (SSSR count).